The van der Waals surface area contributed by atoms with E-state index in [4.69, 9.17) is 36.4 Å². The third-order valence-electron chi connectivity index (χ3n) is 6.56. The molecule has 3 aromatic rings. The highest BCUT2D eigenvalue weighted by Gasteiger charge is 2.45. The molecule has 2 bridgehead atoms. The summed E-state index contributed by atoms with van der Waals surface area (Å²) in [5.74, 6) is -0.389. The molecule has 5 rings (SSSR count). The molecule has 0 aliphatic carbocycles. The van der Waals surface area contributed by atoms with Crippen LogP contribution in [0.2, 0.25) is 5.21 Å². The summed E-state index contributed by atoms with van der Waals surface area (Å²) in [6.45, 7) is 2.26. The van der Waals surface area contributed by atoms with Crippen molar-refractivity contribution < 1.29 is 9.18 Å². The number of pyridine rings is 1. The summed E-state index contributed by atoms with van der Waals surface area (Å²) in [5, 5.41) is 3.23. The minimum Gasteiger partial charge on any atom is -0.350 e. The van der Waals surface area contributed by atoms with Crippen molar-refractivity contribution in [2.24, 2.45) is 0 Å². The van der Waals surface area contributed by atoms with E-state index in [0.717, 1.165) is 12.6 Å². The first-order chi connectivity index (χ1) is 15.1. The SMILES string of the molecule is [B]C1([B])c2ncc(F)cc2C2CCCN2c2ccn3ncc(c3n2)C(=O)N[C@H](C)C1([B])[B]. The number of halogens is 1. The van der Waals surface area contributed by atoms with Crippen molar-refractivity contribution in [1.29, 1.82) is 0 Å². The molecule has 1 saturated heterocycles. The summed E-state index contributed by atoms with van der Waals surface area (Å²) in [5.41, 5.74) is 1.29. The van der Waals surface area contributed by atoms with Crippen LogP contribution in [0.1, 0.15) is 47.4 Å². The summed E-state index contributed by atoms with van der Waals surface area (Å²) in [6.07, 6.45) is 5.71. The molecule has 2 atom stereocenters. The normalized spacial score (nSPS) is 24.2. The van der Waals surface area contributed by atoms with E-state index in [1.807, 2.05) is 4.90 Å². The van der Waals surface area contributed by atoms with Gasteiger partial charge in [-0.15, -0.1) is 0 Å². The van der Waals surface area contributed by atoms with Crippen LogP contribution >= 0.6 is 0 Å². The zero-order valence-electron chi connectivity index (χ0n) is 17.5. The van der Waals surface area contributed by atoms with E-state index in [9.17, 15) is 9.18 Å². The molecular formula is C20H17B4FN6O. The molecule has 0 aromatic carbocycles. The summed E-state index contributed by atoms with van der Waals surface area (Å²) in [7, 11) is 25.9. The Morgan fingerprint density at radius 3 is 2.81 bits per heavy atom. The number of carbonyl (C=O) groups is 1. The van der Waals surface area contributed by atoms with Gasteiger partial charge < -0.3 is 10.2 Å². The quantitative estimate of drug-likeness (QED) is 0.543. The van der Waals surface area contributed by atoms with Gasteiger partial charge in [0.15, 0.2) is 5.65 Å². The molecule has 1 fully saturated rings. The van der Waals surface area contributed by atoms with Gasteiger partial charge >= 0.3 is 0 Å². The molecule has 8 radical (unpaired) electrons. The average molecular weight is 420 g/mol. The van der Waals surface area contributed by atoms with Crippen LogP contribution in [-0.2, 0) is 5.21 Å². The number of rotatable bonds is 0. The second kappa shape index (κ2) is 7.12. The Hall–Kier alpha value is -2.77. The monoisotopic (exact) mass is 420 g/mol. The van der Waals surface area contributed by atoms with Crippen LogP contribution in [0.4, 0.5) is 10.2 Å². The van der Waals surface area contributed by atoms with E-state index in [1.165, 1.54) is 16.8 Å². The van der Waals surface area contributed by atoms with Gasteiger partial charge in [-0.05, 0) is 37.5 Å². The number of nitrogens with zero attached hydrogens (tertiary/aromatic N) is 5. The van der Waals surface area contributed by atoms with Gasteiger partial charge in [0.05, 0.1) is 49.8 Å². The summed E-state index contributed by atoms with van der Waals surface area (Å²) in [6, 6.07) is 1.96. The van der Waals surface area contributed by atoms with Crippen LogP contribution in [0.25, 0.3) is 5.65 Å². The van der Waals surface area contributed by atoms with E-state index in [1.54, 1.807) is 19.2 Å². The second-order valence-corrected chi connectivity index (χ2v) is 8.55. The smallest absolute Gasteiger partial charge is 0.256 e. The first kappa shape index (κ1) is 21.1. The zero-order valence-corrected chi connectivity index (χ0v) is 17.5. The molecule has 5 heterocycles. The van der Waals surface area contributed by atoms with Gasteiger partial charge in [0.2, 0.25) is 0 Å². The van der Waals surface area contributed by atoms with Gasteiger partial charge in [-0.1, -0.05) is 10.4 Å². The Morgan fingerprint density at radius 2 is 2.03 bits per heavy atom. The molecule has 1 N–H and O–H groups in total. The van der Waals surface area contributed by atoms with E-state index in [-0.39, 0.29) is 17.3 Å². The molecule has 7 nitrogen and oxygen atoms in total. The first-order valence-corrected chi connectivity index (χ1v) is 10.3. The molecule has 2 aliphatic rings. The minimum absolute atomic E-state index is 0.172. The van der Waals surface area contributed by atoms with Crippen molar-refractivity contribution in [2.75, 3.05) is 11.4 Å². The molecule has 0 saturated carbocycles. The maximum atomic E-state index is 14.4. The Labute approximate surface area is 190 Å². The topological polar surface area (TPSA) is 75.4 Å². The van der Waals surface area contributed by atoms with Gasteiger partial charge in [0.1, 0.15) is 17.2 Å². The number of hydrogen-bond acceptors (Lipinski definition) is 5. The van der Waals surface area contributed by atoms with Crippen LogP contribution in [0, 0.1) is 5.82 Å². The summed E-state index contributed by atoms with van der Waals surface area (Å²) in [4.78, 5) is 24.0. The van der Waals surface area contributed by atoms with E-state index in [2.05, 4.69) is 15.4 Å². The van der Waals surface area contributed by atoms with Crippen LogP contribution < -0.4 is 10.2 Å². The molecule has 3 aromatic heterocycles. The Bertz CT molecular complexity index is 1230. The number of anilines is 1. The lowest BCUT2D eigenvalue weighted by Gasteiger charge is -2.49. The number of aromatic nitrogens is 4. The molecule has 152 valence electrons. The molecule has 32 heavy (non-hydrogen) atoms. The third-order valence-corrected chi connectivity index (χ3v) is 6.56. The van der Waals surface area contributed by atoms with Crippen molar-refractivity contribution in [1.82, 2.24) is 24.9 Å². The lowest BCUT2D eigenvalue weighted by atomic mass is 9.27. The number of fused-ring (bicyclic) bond motifs is 5. The molecule has 0 spiro atoms. The van der Waals surface area contributed by atoms with Crippen molar-refractivity contribution in [2.45, 2.75) is 42.3 Å². The average Bonchev–Trinajstić information content (AvgIpc) is 3.39. The fourth-order valence-electron chi connectivity index (χ4n) is 4.56. The highest BCUT2D eigenvalue weighted by molar-refractivity contribution is 6.54. The van der Waals surface area contributed by atoms with E-state index in [0.29, 0.717) is 30.0 Å². The van der Waals surface area contributed by atoms with Gasteiger partial charge in [0.25, 0.3) is 5.91 Å². The minimum atomic E-state index is -1.90. The second-order valence-electron chi connectivity index (χ2n) is 8.55. The largest absolute Gasteiger partial charge is 0.350 e. The van der Waals surface area contributed by atoms with E-state index >= 15 is 0 Å². The van der Waals surface area contributed by atoms with Gasteiger partial charge in [-0.3, -0.25) is 9.78 Å². The standard InChI is InChI=1S/C20H17B4FN6O/c1-10-19(21,22)20(23,24)16-12(7-11(25)8-26-16)14-3-2-5-30(14)15-4-6-31-17(29-15)13(9-27-31)18(32)28-10/h4,6-10,14H,2-3,5H2,1H3,(H,28,32)/t10-,14?/m1/s1. The van der Waals surface area contributed by atoms with Crippen LogP contribution in [0.3, 0.4) is 0 Å². The number of carbonyl (C=O) groups excluding carboxylic acids is 1. The lowest BCUT2D eigenvalue weighted by molar-refractivity contribution is 0.0936. The molecular weight excluding hydrogens is 403 g/mol. The van der Waals surface area contributed by atoms with Crippen molar-refractivity contribution >= 4 is 48.8 Å². The molecule has 1 unspecified atom stereocenters. The predicted molar refractivity (Wildman–Crippen MR) is 121 cm³/mol. The van der Waals surface area contributed by atoms with Crippen LogP contribution in [0.15, 0.2) is 30.7 Å². The lowest BCUT2D eigenvalue weighted by Crippen LogP contribution is -2.55. The maximum absolute atomic E-state index is 14.4. The Balaban J connectivity index is 1.79. The van der Waals surface area contributed by atoms with Crippen LogP contribution in [0.5, 0.6) is 0 Å². The van der Waals surface area contributed by atoms with Crippen molar-refractivity contribution in [3.63, 3.8) is 0 Å². The number of amides is 1. The molecule has 1 amide bonds. The Morgan fingerprint density at radius 1 is 1.25 bits per heavy atom. The fourth-order valence-corrected chi connectivity index (χ4v) is 4.56. The summed E-state index contributed by atoms with van der Waals surface area (Å²) >= 11 is 0. The zero-order chi connectivity index (χ0) is 22.8. The fraction of sp³-hybridized carbons (Fsp3) is 0.400. The molecule has 12 heteroatoms. The molecule has 2 aliphatic heterocycles. The van der Waals surface area contributed by atoms with E-state index < -0.39 is 28.2 Å². The highest BCUT2D eigenvalue weighted by atomic mass is 19.1. The number of hydrogen-bond donors (Lipinski definition) is 1. The van der Waals surface area contributed by atoms with Gasteiger partial charge in [-0.25, -0.2) is 13.9 Å². The number of nitrogens with one attached hydrogen (secondary N) is 1. The Kier molecular flexibility index (Phi) is 4.69. The van der Waals surface area contributed by atoms with Gasteiger partial charge in [-0.2, -0.15) is 5.10 Å². The van der Waals surface area contributed by atoms with Crippen molar-refractivity contribution in [3.05, 3.63) is 53.4 Å². The first-order valence-electron chi connectivity index (χ1n) is 10.3. The van der Waals surface area contributed by atoms with Gasteiger partial charge in [0, 0.05) is 24.5 Å². The highest BCUT2D eigenvalue weighted by Crippen LogP contribution is 2.45. The summed E-state index contributed by atoms with van der Waals surface area (Å²) < 4.78 is 15.9. The van der Waals surface area contributed by atoms with Crippen molar-refractivity contribution in [3.8, 4) is 0 Å². The van der Waals surface area contributed by atoms with Crippen LogP contribution in [-0.4, -0.2) is 69.5 Å². The third kappa shape index (κ3) is 2.98. The predicted octanol–water partition coefficient (Wildman–Crippen LogP) is 0.680. The maximum Gasteiger partial charge on any atom is 0.256 e.